The average molecular weight is 506 g/mol. The summed E-state index contributed by atoms with van der Waals surface area (Å²) in [5.74, 6) is 0.425. The number of carbonyl (C=O) groups excluding carboxylic acids is 1. The van der Waals surface area contributed by atoms with E-state index in [1.165, 1.54) is 33.9 Å². The number of para-hydroxylation sites is 1. The van der Waals surface area contributed by atoms with E-state index in [-0.39, 0.29) is 11.6 Å². The summed E-state index contributed by atoms with van der Waals surface area (Å²) < 4.78 is 1.98. The second-order valence-electron chi connectivity index (χ2n) is 8.59. The number of nitro groups is 1. The Morgan fingerprint density at radius 1 is 1.12 bits per heavy atom. The maximum absolute atomic E-state index is 13.3. The fraction of sp³-hybridized carbons (Fsp3) is 0.200. The van der Waals surface area contributed by atoms with Gasteiger partial charge in [-0.15, -0.1) is 34.0 Å². The first-order valence-electron chi connectivity index (χ1n) is 11.0. The molecular formula is C25H19N3O3S3. The molecule has 6 nitrogen and oxygen atoms in total. The molecular weight excluding hydrogens is 486 g/mol. The molecule has 170 valence electrons. The topological polar surface area (TPSA) is 85.1 Å². The molecule has 34 heavy (non-hydrogen) atoms. The number of rotatable bonds is 4. The van der Waals surface area contributed by atoms with Crippen LogP contribution in [0.1, 0.15) is 33.5 Å². The summed E-state index contributed by atoms with van der Waals surface area (Å²) in [6.07, 6.45) is 3.13. The van der Waals surface area contributed by atoms with Gasteiger partial charge in [-0.3, -0.25) is 14.9 Å². The van der Waals surface area contributed by atoms with Crippen LogP contribution in [0, 0.1) is 16.0 Å². The summed E-state index contributed by atoms with van der Waals surface area (Å²) >= 11 is 4.66. The maximum atomic E-state index is 13.3. The predicted molar refractivity (Wildman–Crippen MR) is 141 cm³/mol. The van der Waals surface area contributed by atoms with Crippen molar-refractivity contribution >= 4 is 70.9 Å². The van der Waals surface area contributed by atoms with Crippen molar-refractivity contribution in [1.82, 2.24) is 4.98 Å². The van der Waals surface area contributed by atoms with Gasteiger partial charge in [0.25, 0.3) is 11.6 Å². The summed E-state index contributed by atoms with van der Waals surface area (Å²) in [6, 6.07) is 14.5. The lowest BCUT2D eigenvalue weighted by molar-refractivity contribution is -0.384. The van der Waals surface area contributed by atoms with Crippen LogP contribution >= 0.6 is 34.0 Å². The zero-order valence-corrected chi connectivity index (χ0v) is 20.6. The number of hydrogen-bond donors (Lipinski definition) is 1. The molecule has 1 aliphatic rings. The van der Waals surface area contributed by atoms with Crippen LogP contribution in [0.4, 0.5) is 10.7 Å². The van der Waals surface area contributed by atoms with Crippen LogP contribution in [0.25, 0.3) is 30.9 Å². The van der Waals surface area contributed by atoms with Crippen molar-refractivity contribution < 1.29 is 9.72 Å². The number of thiazole rings is 1. The molecule has 0 radical (unpaired) electrons. The first-order valence-corrected chi connectivity index (χ1v) is 13.4. The van der Waals surface area contributed by atoms with E-state index >= 15 is 0 Å². The number of nitro benzene ring substituents is 1. The Balaban J connectivity index is 1.40. The molecule has 3 aromatic heterocycles. The highest BCUT2D eigenvalue weighted by atomic mass is 32.1. The first-order chi connectivity index (χ1) is 16.5. The molecule has 0 saturated heterocycles. The molecule has 1 N–H and O–H groups in total. The Morgan fingerprint density at radius 3 is 2.79 bits per heavy atom. The van der Waals surface area contributed by atoms with E-state index in [1.807, 2.05) is 18.2 Å². The van der Waals surface area contributed by atoms with Crippen molar-refractivity contribution in [2.45, 2.75) is 26.2 Å². The molecule has 3 heterocycles. The zero-order valence-electron chi connectivity index (χ0n) is 18.2. The number of benzene rings is 2. The molecule has 9 heteroatoms. The largest absolute Gasteiger partial charge is 0.312 e. The number of anilines is 1. The summed E-state index contributed by atoms with van der Waals surface area (Å²) in [6.45, 7) is 2.27. The maximum Gasteiger partial charge on any atom is 0.270 e. The highest BCUT2D eigenvalue weighted by Crippen LogP contribution is 2.47. The third-order valence-corrected chi connectivity index (χ3v) is 9.52. The molecule has 0 unspecified atom stereocenters. The van der Waals surface area contributed by atoms with Gasteiger partial charge in [0.15, 0.2) is 0 Å². The van der Waals surface area contributed by atoms with Crippen LogP contribution in [0.15, 0.2) is 48.5 Å². The van der Waals surface area contributed by atoms with Gasteiger partial charge in [0, 0.05) is 32.7 Å². The van der Waals surface area contributed by atoms with Gasteiger partial charge in [0.05, 0.1) is 20.0 Å². The second kappa shape index (κ2) is 8.26. The molecule has 0 spiro atoms. The highest BCUT2D eigenvalue weighted by molar-refractivity contribution is 7.23. The standard InChI is InChI=1S/C25H19N3O3S3/c1-13-6-8-16-20(10-13)34-25(22(16)24-26-17-4-2-3-5-19(17)33-24)27-23(29)21-12-14-11-15(28(30)31)7-9-18(14)32-21/h2-5,7,9,11-13H,6,8,10H2,1H3,(H,27,29)/t13-/m1/s1. The van der Waals surface area contributed by atoms with E-state index < -0.39 is 4.92 Å². The number of nitrogens with zero attached hydrogens (tertiary/aromatic N) is 2. The van der Waals surface area contributed by atoms with Crippen LogP contribution < -0.4 is 5.32 Å². The predicted octanol–water partition coefficient (Wildman–Crippen LogP) is 7.52. The smallest absolute Gasteiger partial charge is 0.270 e. The lowest BCUT2D eigenvalue weighted by Gasteiger charge is -2.18. The van der Waals surface area contributed by atoms with Crippen molar-refractivity contribution in [3.63, 3.8) is 0 Å². The van der Waals surface area contributed by atoms with Gasteiger partial charge in [-0.25, -0.2) is 4.98 Å². The molecule has 2 aromatic carbocycles. The van der Waals surface area contributed by atoms with Gasteiger partial charge < -0.3 is 5.32 Å². The van der Waals surface area contributed by atoms with Crippen molar-refractivity contribution in [2.75, 3.05) is 5.32 Å². The van der Waals surface area contributed by atoms with E-state index in [0.29, 0.717) is 16.2 Å². The van der Waals surface area contributed by atoms with Gasteiger partial charge in [0.2, 0.25) is 0 Å². The number of carbonyl (C=O) groups is 1. The summed E-state index contributed by atoms with van der Waals surface area (Å²) in [4.78, 5) is 30.7. The van der Waals surface area contributed by atoms with Crippen molar-refractivity contribution in [3.8, 4) is 10.6 Å². The number of hydrogen-bond acceptors (Lipinski definition) is 7. The third-order valence-electron chi connectivity index (χ3n) is 6.18. The molecule has 1 aliphatic carbocycles. The Hall–Kier alpha value is -3.14. The molecule has 0 bridgehead atoms. The van der Waals surface area contributed by atoms with Crippen LogP contribution in [0.2, 0.25) is 0 Å². The number of fused-ring (bicyclic) bond motifs is 3. The van der Waals surface area contributed by atoms with Crippen LogP contribution in [-0.2, 0) is 12.8 Å². The average Bonchev–Trinajstić information content (AvgIpc) is 3.52. The minimum Gasteiger partial charge on any atom is -0.312 e. The van der Waals surface area contributed by atoms with Gasteiger partial charge in [-0.05, 0) is 55.0 Å². The van der Waals surface area contributed by atoms with Gasteiger partial charge in [-0.2, -0.15) is 0 Å². The molecule has 5 aromatic rings. The van der Waals surface area contributed by atoms with Gasteiger partial charge >= 0.3 is 0 Å². The fourth-order valence-corrected chi connectivity index (χ4v) is 7.92. The fourth-order valence-electron chi connectivity index (χ4n) is 4.47. The lowest BCUT2D eigenvalue weighted by Crippen LogP contribution is -2.10. The lowest BCUT2D eigenvalue weighted by atomic mass is 9.88. The molecule has 6 rings (SSSR count). The minimum absolute atomic E-state index is 0.0235. The van der Waals surface area contributed by atoms with Crippen LogP contribution in [0.3, 0.4) is 0 Å². The van der Waals surface area contributed by atoms with Crippen molar-refractivity contribution in [1.29, 1.82) is 0 Å². The van der Waals surface area contributed by atoms with E-state index in [4.69, 9.17) is 4.98 Å². The summed E-state index contributed by atoms with van der Waals surface area (Å²) in [5.41, 5.74) is 3.35. The Labute approximate surface area is 207 Å². The molecule has 0 saturated carbocycles. The number of aromatic nitrogens is 1. The molecule has 1 atom stereocenters. The number of amides is 1. The minimum atomic E-state index is -0.418. The third kappa shape index (κ3) is 3.70. The van der Waals surface area contributed by atoms with E-state index in [9.17, 15) is 14.9 Å². The van der Waals surface area contributed by atoms with E-state index in [2.05, 4.69) is 18.3 Å². The summed E-state index contributed by atoms with van der Waals surface area (Å²) in [5, 5.41) is 16.8. The second-order valence-corrected chi connectivity index (χ2v) is 11.8. The number of nitrogens with one attached hydrogen (secondary N) is 1. The van der Waals surface area contributed by atoms with Crippen molar-refractivity contribution in [2.24, 2.45) is 5.92 Å². The van der Waals surface area contributed by atoms with Crippen molar-refractivity contribution in [3.05, 3.63) is 74.0 Å². The Kier molecular flexibility index (Phi) is 5.20. The molecule has 1 amide bonds. The molecule has 0 aliphatic heterocycles. The molecule has 0 fully saturated rings. The number of thiophene rings is 2. The Bertz CT molecular complexity index is 1560. The SMILES string of the molecule is C[C@@H]1CCc2c(sc(NC(=O)c3cc4cc([N+](=O)[O-])ccc4s3)c2-c2nc3ccccc3s2)C1. The van der Waals surface area contributed by atoms with E-state index in [0.717, 1.165) is 49.8 Å². The quantitative estimate of drug-likeness (QED) is 0.202. The first kappa shape index (κ1) is 21.4. The van der Waals surface area contributed by atoms with Gasteiger partial charge in [-0.1, -0.05) is 19.1 Å². The normalized spacial score (nSPS) is 15.5. The summed E-state index contributed by atoms with van der Waals surface area (Å²) in [7, 11) is 0. The van der Waals surface area contributed by atoms with Crippen LogP contribution in [0.5, 0.6) is 0 Å². The monoisotopic (exact) mass is 505 g/mol. The van der Waals surface area contributed by atoms with Gasteiger partial charge in [0.1, 0.15) is 10.0 Å². The van der Waals surface area contributed by atoms with E-state index in [1.54, 1.807) is 34.8 Å². The van der Waals surface area contributed by atoms with Crippen LogP contribution in [-0.4, -0.2) is 15.8 Å². The highest BCUT2D eigenvalue weighted by Gasteiger charge is 2.28. The zero-order chi connectivity index (χ0) is 23.4. The Morgan fingerprint density at radius 2 is 1.97 bits per heavy atom. The number of non-ortho nitro benzene ring substituents is 1.